The third-order valence-corrected chi connectivity index (χ3v) is 3.75. The molecule has 0 bridgehead atoms. The number of benzene rings is 1. The fraction of sp³-hybridized carbons (Fsp3) is 0.562. The second kappa shape index (κ2) is 6.71. The molecule has 2 rings (SSSR count). The van der Waals surface area contributed by atoms with E-state index in [0.717, 1.165) is 25.7 Å². The van der Waals surface area contributed by atoms with Crippen molar-refractivity contribution < 1.29 is 9.90 Å². The van der Waals surface area contributed by atoms with Crippen LogP contribution in [-0.4, -0.2) is 35.6 Å². The molecule has 1 aromatic rings. The predicted molar refractivity (Wildman–Crippen MR) is 75.7 cm³/mol. The first-order valence-corrected chi connectivity index (χ1v) is 7.13. The van der Waals surface area contributed by atoms with E-state index in [4.69, 9.17) is 0 Å². The number of aryl methyl sites for hydroxylation is 1. The first-order valence-electron chi connectivity index (χ1n) is 7.13. The lowest BCUT2D eigenvalue weighted by molar-refractivity contribution is -0.131. The summed E-state index contributed by atoms with van der Waals surface area (Å²) in [6, 6.07) is 10.2. The molecule has 1 fully saturated rings. The molecule has 1 aliphatic carbocycles. The Labute approximate surface area is 115 Å². The molecule has 1 aromatic carbocycles. The lowest BCUT2D eigenvalue weighted by Crippen LogP contribution is -2.35. The normalized spacial score (nSPS) is 16.1. The van der Waals surface area contributed by atoms with Crippen LogP contribution in [0.4, 0.5) is 0 Å². The molecule has 0 aliphatic heterocycles. The first kappa shape index (κ1) is 14.1. The van der Waals surface area contributed by atoms with Gasteiger partial charge in [0.05, 0.1) is 6.10 Å². The van der Waals surface area contributed by atoms with Gasteiger partial charge in [-0.25, -0.2) is 0 Å². The summed E-state index contributed by atoms with van der Waals surface area (Å²) in [5.41, 5.74) is 1.27. The van der Waals surface area contributed by atoms with Gasteiger partial charge in [0, 0.05) is 20.0 Å². The number of nitrogens with zero attached hydrogens (tertiary/aromatic N) is 1. The Hall–Kier alpha value is -1.35. The van der Waals surface area contributed by atoms with E-state index >= 15 is 0 Å². The monoisotopic (exact) mass is 261 g/mol. The standard InChI is InChI=1S/C16H23NO2/c1-17(12-15(18)14-10-11-14)16(19)9-5-8-13-6-3-2-4-7-13/h2-4,6-7,14-15,18H,5,8-12H2,1H3. The van der Waals surface area contributed by atoms with Crippen molar-refractivity contribution in [3.8, 4) is 0 Å². The number of rotatable bonds is 7. The molecule has 19 heavy (non-hydrogen) atoms. The van der Waals surface area contributed by atoms with Gasteiger partial charge in [0.15, 0.2) is 0 Å². The van der Waals surface area contributed by atoms with Crippen LogP contribution in [0.2, 0.25) is 0 Å². The molecule has 1 aliphatic rings. The van der Waals surface area contributed by atoms with Crippen LogP contribution in [0, 0.1) is 5.92 Å². The third kappa shape index (κ3) is 4.67. The number of hydrogen-bond donors (Lipinski definition) is 1. The summed E-state index contributed by atoms with van der Waals surface area (Å²) in [5.74, 6) is 0.565. The van der Waals surface area contributed by atoms with Crippen molar-refractivity contribution in [2.75, 3.05) is 13.6 Å². The molecule has 1 atom stereocenters. The average molecular weight is 261 g/mol. The largest absolute Gasteiger partial charge is 0.391 e. The molecule has 1 saturated carbocycles. The van der Waals surface area contributed by atoms with E-state index in [1.165, 1.54) is 5.56 Å². The number of aliphatic hydroxyl groups excluding tert-OH is 1. The number of hydrogen-bond acceptors (Lipinski definition) is 2. The summed E-state index contributed by atoms with van der Waals surface area (Å²) in [6.45, 7) is 0.481. The first-order chi connectivity index (χ1) is 9.16. The molecule has 0 spiro atoms. The third-order valence-electron chi connectivity index (χ3n) is 3.75. The Morgan fingerprint density at radius 3 is 2.68 bits per heavy atom. The van der Waals surface area contributed by atoms with Crippen molar-refractivity contribution in [1.29, 1.82) is 0 Å². The van der Waals surface area contributed by atoms with Crippen molar-refractivity contribution in [3.05, 3.63) is 35.9 Å². The number of carbonyl (C=O) groups is 1. The number of likely N-dealkylation sites (N-methyl/N-ethyl adjacent to an activating group) is 1. The second-order valence-corrected chi connectivity index (χ2v) is 5.52. The van der Waals surface area contributed by atoms with Gasteiger partial charge < -0.3 is 10.0 Å². The molecule has 3 heteroatoms. The highest BCUT2D eigenvalue weighted by molar-refractivity contribution is 5.75. The van der Waals surface area contributed by atoms with E-state index in [-0.39, 0.29) is 12.0 Å². The molecule has 1 amide bonds. The summed E-state index contributed by atoms with van der Waals surface area (Å²) in [4.78, 5) is 13.6. The van der Waals surface area contributed by atoms with Crippen LogP contribution in [0.3, 0.4) is 0 Å². The topological polar surface area (TPSA) is 40.5 Å². The van der Waals surface area contributed by atoms with Gasteiger partial charge in [-0.1, -0.05) is 30.3 Å². The van der Waals surface area contributed by atoms with Gasteiger partial charge in [-0.15, -0.1) is 0 Å². The Bertz CT molecular complexity index is 400. The van der Waals surface area contributed by atoms with Gasteiger partial charge in [-0.3, -0.25) is 4.79 Å². The predicted octanol–water partition coefficient (Wildman–Crippen LogP) is 2.24. The minimum absolute atomic E-state index is 0.135. The highest BCUT2D eigenvalue weighted by Crippen LogP contribution is 2.32. The molecule has 1 unspecified atom stereocenters. The van der Waals surface area contributed by atoms with Gasteiger partial charge >= 0.3 is 0 Å². The SMILES string of the molecule is CN(CC(O)C1CC1)C(=O)CCCc1ccccc1. The summed E-state index contributed by atoms with van der Waals surface area (Å²) in [6.07, 6.45) is 4.25. The quantitative estimate of drug-likeness (QED) is 0.817. The lowest BCUT2D eigenvalue weighted by atomic mass is 10.1. The van der Waals surface area contributed by atoms with Crippen molar-refractivity contribution >= 4 is 5.91 Å². The Morgan fingerprint density at radius 1 is 1.37 bits per heavy atom. The number of amides is 1. The van der Waals surface area contributed by atoms with E-state index in [1.807, 2.05) is 18.2 Å². The lowest BCUT2D eigenvalue weighted by Gasteiger charge is -2.20. The zero-order valence-electron chi connectivity index (χ0n) is 11.6. The maximum absolute atomic E-state index is 11.9. The van der Waals surface area contributed by atoms with Gasteiger partial charge in [0.2, 0.25) is 5.91 Å². The van der Waals surface area contributed by atoms with Crippen molar-refractivity contribution in [2.45, 2.75) is 38.2 Å². The zero-order chi connectivity index (χ0) is 13.7. The average Bonchev–Trinajstić information content (AvgIpc) is 3.24. The van der Waals surface area contributed by atoms with Crippen molar-refractivity contribution in [3.63, 3.8) is 0 Å². The van der Waals surface area contributed by atoms with Crippen LogP contribution in [-0.2, 0) is 11.2 Å². The van der Waals surface area contributed by atoms with Crippen LogP contribution < -0.4 is 0 Å². The summed E-state index contributed by atoms with van der Waals surface area (Å²) < 4.78 is 0. The highest BCUT2D eigenvalue weighted by Gasteiger charge is 2.30. The Kier molecular flexibility index (Phi) is 4.97. The Balaban J connectivity index is 1.65. The van der Waals surface area contributed by atoms with Crippen LogP contribution in [0.15, 0.2) is 30.3 Å². The van der Waals surface area contributed by atoms with Crippen LogP contribution in [0.25, 0.3) is 0 Å². The summed E-state index contributed by atoms with van der Waals surface area (Å²) >= 11 is 0. The molecule has 0 heterocycles. The molecular formula is C16H23NO2. The number of aliphatic hydroxyl groups is 1. The van der Waals surface area contributed by atoms with E-state index in [2.05, 4.69) is 12.1 Å². The van der Waals surface area contributed by atoms with Crippen molar-refractivity contribution in [2.24, 2.45) is 5.92 Å². The molecule has 104 valence electrons. The van der Waals surface area contributed by atoms with E-state index in [9.17, 15) is 9.90 Å². The zero-order valence-corrected chi connectivity index (χ0v) is 11.6. The molecular weight excluding hydrogens is 238 g/mol. The maximum atomic E-state index is 11.9. The molecule has 3 nitrogen and oxygen atoms in total. The minimum Gasteiger partial charge on any atom is -0.391 e. The maximum Gasteiger partial charge on any atom is 0.222 e. The van der Waals surface area contributed by atoms with Crippen LogP contribution >= 0.6 is 0 Å². The van der Waals surface area contributed by atoms with Crippen LogP contribution in [0.5, 0.6) is 0 Å². The second-order valence-electron chi connectivity index (χ2n) is 5.52. The number of carbonyl (C=O) groups excluding carboxylic acids is 1. The molecule has 0 aromatic heterocycles. The van der Waals surface area contributed by atoms with E-state index in [0.29, 0.717) is 18.9 Å². The fourth-order valence-electron chi connectivity index (χ4n) is 2.29. The van der Waals surface area contributed by atoms with Crippen LogP contribution in [0.1, 0.15) is 31.2 Å². The van der Waals surface area contributed by atoms with Crippen molar-refractivity contribution in [1.82, 2.24) is 4.90 Å². The van der Waals surface area contributed by atoms with Gasteiger partial charge in [-0.05, 0) is 37.2 Å². The molecule has 0 saturated heterocycles. The van der Waals surface area contributed by atoms with E-state index < -0.39 is 0 Å². The van der Waals surface area contributed by atoms with Gasteiger partial charge in [0.25, 0.3) is 0 Å². The van der Waals surface area contributed by atoms with Gasteiger partial charge in [0.1, 0.15) is 0 Å². The Morgan fingerprint density at radius 2 is 2.05 bits per heavy atom. The fourth-order valence-corrected chi connectivity index (χ4v) is 2.29. The molecule has 1 N–H and O–H groups in total. The summed E-state index contributed by atoms with van der Waals surface area (Å²) in [5, 5.41) is 9.82. The molecule has 0 radical (unpaired) electrons. The summed E-state index contributed by atoms with van der Waals surface area (Å²) in [7, 11) is 1.79. The highest BCUT2D eigenvalue weighted by atomic mass is 16.3. The van der Waals surface area contributed by atoms with Gasteiger partial charge in [-0.2, -0.15) is 0 Å². The smallest absolute Gasteiger partial charge is 0.222 e. The minimum atomic E-state index is -0.330. The van der Waals surface area contributed by atoms with E-state index in [1.54, 1.807) is 11.9 Å².